The summed E-state index contributed by atoms with van der Waals surface area (Å²) in [5.74, 6) is 1.77. The molecule has 0 fully saturated rings. The highest BCUT2D eigenvalue weighted by molar-refractivity contribution is 7.23. The summed E-state index contributed by atoms with van der Waals surface area (Å²) in [5, 5.41) is 1.29. The van der Waals surface area contributed by atoms with Crippen molar-refractivity contribution in [3.8, 4) is 21.9 Å². The molecule has 3 heteroatoms. The zero-order valence-corrected chi connectivity index (χ0v) is 12.0. The largest absolute Gasteiger partial charge is 0.454 e. The zero-order chi connectivity index (χ0) is 13.5. The van der Waals surface area contributed by atoms with E-state index in [0.29, 0.717) is 6.79 Å². The molecular weight excluding hydrogens is 268 g/mol. The molecule has 0 unspecified atom stereocenters. The molecule has 4 rings (SSSR count). The first-order valence-corrected chi connectivity index (χ1v) is 7.59. The number of thiophene rings is 1. The van der Waals surface area contributed by atoms with E-state index in [2.05, 4.69) is 43.3 Å². The summed E-state index contributed by atoms with van der Waals surface area (Å²) in [6.07, 6.45) is 1.02. The molecule has 20 heavy (non-hydrogen) atoms. The van der Waals surface area contributed by atoms with Gasteiger partial charge in [-0.15, -0.1) is 11.3 Å². The Morgan fingerprint density at radius 1 is 1.05 bits per heavy atom. The molecule has 100 valence electrons. The van der Waals surface area contributed by atoms with Crippen LogP contribution in [0.15, 0.2) is 42.5 Å². The van der Waals surface area contributed by atoms with E-state index < -0.39 is 0 Å². The van der Waals surface area contributed by atoms with Gasteiger partial charge in [0.1, 0.15) is 0 Å². The molecule has 2 aromatic carbocycles. The molecule has 0 bridgehead atoms. The first-order valence-electron chi connectivity index (χ1n) is 6.78. The summed E-state index contributed by atoms with van der Waals surface area (Å²) < 4.78 is 12.3. The Morgan fingerprint density at radius 3 is 2.70 bits per heavy atom. The van der Waals surface area contributed by atoms with Crippen LogP contribution in [0.1, 0.15) is 12.5 Å². The Balaban J connectivity index is 2.03. The van der Waals surface area contributed by atoms with E-state index in [1.165, 1.54) is 26.1 Å². The minimum atomic E-state index is 0.328. The van der Waals surface area contributed by atoms with Crippen molar-refractivity contribution in [2.45, 2.75) is 13.3 Å². The van der Waals surface area contributed by atoms with Gasteiger partial charge in [0.25, 0.3) is 0 Å². The lowest BCUT2D eigenvalue weighted by Gasteiger charge is -2.01. The van der Waals surface area contributed by atoms with Gasteiger partial charge in [0, 0.05) is 10.3 Å². The molecule has 2 nitrogen and oxygen atoms in total. The lowest BCUT2D eigenvalue weighted by molar-refractivity contribution is 0.175. The Morgan fingerprint density at radius 2 is 1.90 bits per heavy atom. The van der Waals surface area contributed by atoms with Crippen LogP contribution in [0.4, 0.5) is 0 Å². The lowest BCUT2D eigenvalue weighted by atomic mass is 10.0. The molecule has 1 aromatic heterocycles. The summed E-state index contributed by atoms with van der Waals surface area (Å²) in [6.45, 7) is 2.53. The van der Waals surface area contributed by atoms with Crippen molar-refractivity contribution in [2.75, 3.05) is 6.79 Å². The molecule has 0 N–H and O–H groups in total. The smallest absolute Gasteiger partial charge is 0.231 e. The van der Waals surface area contributed by atoms with Gasteiger partial charge in [-0.05, 0) is 29.7 Å². The van der Waals surface area contributed by atoms with Crippen molar-refractivity contribution < 1.29 is 9.47 Å². The average molecular weight is 282 g/mol. The van der Waals surface area contributed by atoms with Crippen molar-refractivity contribution >= 4 is 21.4 Å². The van der Waals surface area contributed by atoms with Crippen molar-refractivity contribution in [2.24, 2.45) is 0 Å². The maximum absolute atomic E-state index is 5.65. The second-order valence-corrected chi connectivity index (χ2v) is 5.83. The third-order valence-corrected chi connectivity index (χ3v) is 4.98. The van der Waals surface area contributed by atoms with Crippen molar-refractivity contribution in [3.05, 3.63) is 48.0 Å². The van der Waals surface area contributed by atoms with E-state index >= 15 is 0 Å². The standard InChI is InChI=1S/C17H14O2S/c1-2-12-13-8-9-14-15(19-10-18-14)17(13)20-16(12)11-6-4-3-5-7-11/h3-9H,2,10H2,1H3. The fourth-order valence-electron chi connectivity index (χ4n) is 2.75. The van der Waals surface area contributed by atoms with Crippen LogP contribution < -0.4 is 9.47 Å². The number of rotatable bonds is 2. The summed E-state index contributed by atoms with van der Waals surface area (Å²) in [7, 11) is 0. The Kier molecular flexibility index (Phi) is 2.67. The average Bonchev–Trinajstić information content (AvgIpc) is 3.11. The van der Waals surface area contributed by atoms with Crippen molar-refractivity contribution in [1.82, 2.24) is 0 Å². The summed E-state index contributed by atoms with van der Waals surface area (Å²) in [4.78, 5) is 1.34. The van der Waals surface area contributed by atoms with E-state index in [1.54, 1.807) is 11.3 Å². The molecule has 0 saturated carbocycles. The minimum absolute atomic E-state index is 0.328. The topological polar surface area (TPSA) is 18.5 Å². The van der Waals surface area contributed by atoms with Crippen LogP contribution in [-0.4, -0.2) is 6.79 Å². The monoisotopic (exact) mass is 282 g/mol. The summed E-state index contributed by atoms with van der Waals surface area (Å²) in [6, 6.07) is 14.7. The van der Waals surface area contributed by atoms with Gasteiger partial charge in [0.05, 0.1) is 4.70 Å². The number of benzene rings is 2. The third kappa shape index (κ3) is 1.63. The molecule has 0 radical (unpaired) electrons. The molecule has 2 heterocycles. The van der Waals surface area contributed by atoms with E-state index in [-0.39, 0.29) is 0 Å². The third-order valence-electron chi connectivity index (χ3n) is 3.69. The molecule has 0 amide bonds. The molecule has 1 aliphatic heterocycles. The molecule has 0 saturated heterocycles. The van der Waals surface area contributed by atoms with Gasteiger partial charge >= 0.3 is 0 Å². The number of fused-ring (bicyclic) bond motifs is 3. The van der Waals surface area contributed by atoms with Gasteiger partial charge < -0.3 is 9.47 Å². The Bertz CT molecular complexity index is 775. The van der Waals surface area contributed by atoms with Gasteiger partial charge in [-0.25, -0.2) is 0 Å². The maximum atomic E-state index is 5.65. The van der Waals surface area contributed by atoms with E-state index in [9.17, 15) is 0 Å². The second kappa shape index (κ2) is 4.53. The molecule has 3 aromatic rings. The fraction of sp³-hybridized carbons (Fsp3) is 0.176. The maximum Gasteiger partial charge on any atom is 0.231 e. The van der Waals surface area contributed by atoms with Crippen molar-refractivity contribution in [1.29, 1.82) is 0 Å². The molecule has 1 aliphatic rings. The number of ether oxygens (including phenoxy) is 2. The SMILES string of the molecule is CCc1c(-c2ccccc2)sc2c3c(ccc12)OCO3. The van der Waals surface area contributed by atoms with Crippen LogP contribution in [-0.2, 0) is 6.42 Å². The zero-order valence-electron chi connectivity index (χ0n) is 11.2. The van der Waals surface area contributed by atoms with Gasteiger partial charge in [-0.1, -0.05) is 37.3 Å². The lowest BCUT2D eigenvalue weighted by Crippen LogP contribution is -1.92. The minimum Gasteiger partial charge on any atom is -0.454 e. The fourth-order valence-corrected chi connectivity index (χ4v) is 4.13. The summed E-state index contributed by atoms with van der Waals surface area (Å²) >= 11 is 1.80. The molecular formula is C17H14O2S. The van der Waals surface area contributed by atoms with Crippen LogP contribution in [0.25, 0.3) is 20.5 Å². The highest BCUT2D eigenvalue weighted by Gasteiger charge is 2.22. The van der Waals surface area contributed by atoms with Crippen molar-refractivity contribution in [3.63, 3.8) is 0 Å². The number of hydrogen-bond donors (Lipinski definition) is 0. The van der Waals surface area contributed by atoms with E-state index in [4.69, 9.17) is 9.47 Å². The predicted molar refractivity (Wildman–Crippen MR) is 82.8 cm³/mol. The second-order valence-electron chi connectivity index (χ2n) is 4.81. The molecule has 0 atom stereocenters. The molecule has 0 spiro atoms. The van der Waals surface area contributed by atoms with E-state index in [1.807, 2.05) is 6.07 Å². The van der Waals surface area contributed by atoms with Crippen LogP contribution >= 0.6 is 11.3 Å². The van der Waals surface area contributed by atoms with Crippen LogP contribution in [0.3, 0.4) is 0 Å². The Labute approximate surface area is 121 Å². The van der Waals surface area contributed by atoms with Gasteiger partial charge in [-0.3, -0.25) is 0 Å². The number of hydrogen-bond acceptors (Lipinski definition) is 3. The van der Waals surface area contributed by atoms with Gasteiger partial charge in [-0.2, -0.15) is 0 Å². The van der Waals surface area contributed by atoms with Crippen LogP contribution in [0.2, 0.25) is 0 Å². The first-order chi connectivity index (χ1) is 9.88. The highest BCUT2D eigenvalue weighted by Crippen LogP contribution is 2.48. The van der Waals surface area contributed by atoms with Crippen LogP contribution in [0.5, 0.6) is 11.5 Å². The van der Waals surface area contributed by atoms with Crippen LogP contribution in [0, 0.1) is 0 Å². The van der Waals surface area contributed by atoms with E-state index in [0.717, 1.165) is 17.9 Å². The molecule has 0 aliphatic carbocycles. The predicted octanol–water partition coefficient (Wildman–Crippen LogP) is 4.86. The van der Waals surface area contributed by atoms with Gasteiger partial charge in [0.15, 0.2) is 11.5 Å². The number of aryl methyl sites for hydroxylation is 1. The first kappa shape index (κ1) is 11.8. The van der Waals surface area contributed by atoms with Gasteiger partial charge in [0.2, 0.25) is 6.79 Å². The quantitative estimate of drug-likeness (QED) is 0.668. The highest BCUT2D eigenvalue weighted by atomic mass is 32.1. The summed E-state index contributed by atoms with van der Waals surface area (Å²) in [5.41, 5.74) is 2.67. The normalized spacial score (nSPS) is 13.1. The Hall–Kier alpha value is -2.00.